The Morgan fingerprint density at radius 1 is 1.39 bits per heavy atom. The summed E-state index contributed by atoms with van der Waals surface area (Å²) < 4.78 is 18.3. The maximum atomic E-state index is 13.0. The van der Waals surface area contributed by atoms with Crippen LogP contribution >= 0.6 is 0 Å². The molecule has 0 radical (unpaired) electrons. The first kappa shape index (κ1) is 14.6. The molecule has 0 bridgehead atoms. The molecule has 0 spiro atoms. The number of quaternary nitrogens is 1. The zero-order chi connectivity index (χ0) is 13.5. The minimum atomic E-state index is -0.464. The van der Waals surface area contributed by atoms with Crippen LogP contribution in [0, 0.1) is 5.82 Å². The van der Waals surface area contributed by atoms with Crippen LogP contribution in [0.25, 0.3) is 0 Å². The average Bonchev–Trinajstić information content (AvgIpc) is 2.35. The van der Waals surface area contributed by atoms with E-state index < -0.39 is 11.8 Å². The van der Waals surface area contributed by atoms with Crippen molar-refractivity contribution in [2.45, 2.75) is 26.9 Å². The van der Waals surface area contributed by atoms with Gasteiger partial charge in [-0.05, 0) is 39.0 Å². The van der Waals surface area contributed by atoms with Crippen molar-refractivity contribution in [1.82, 2.24) is 0 Å². The summed E-state index contributed by atoms with van der Waals surface area (Å²) in [5.74, 6) is -0.889. The van der Waals surface area contributed by atoms with Gasteiger partial charge in [-0.1, -0.05) is 6.07 Å². The molecule has 0 unspecified atom stereocenters. The average molecular weight is 254 g/mol. The van der Waals surface area contributed by atoms with E-state index in [2.05, 4.69) is 13.8 Å². The van der Waals surface area contributed by atoms with E-state index in [4.69, 9.17) is 4.74 Å². The molecule has 1 aromatic rings. The van der Waals surface area contributed by atoms with Gasteiger partial charge >= 0.3 is 5.97 Å². The van der Waals surface area contributed by atoms with Crippen LogP contribution in [0.4, 0.5) is 4.39 Å². The number of hydrogen-bond acceptors (Lipinski definition) is 2. The van der Waals surface area contributed by atoms with Gasteiger partial charge in [0.1, 0.15) is 18.5 Å². The predicted molar refractivity (Wildman–Crippen MR) is 68.2 cm³/mol. The molecule has 1 aromatic carbocycles. The number of hydrogen-bond donors (Lipinski definition) is 1. The van der Waals surface area contributed by atoms with Crippen molar-refractivity contribution in [3.63, 3.8) is 0 Å². The van der Waals surface area contributed by atoms with Crippen molar-refractivity contribution < 1.29 is 18.8 Å². The Balaban J connectivity index is 2.54. The SMILES string of the molecule is CC[NH+](CC)C[C@@H](C)OC(=O)c1cccc(F)c1. The first-order chi connectivity index (χ1) is 8.56. The zero-order valence-electron chi connectivity index (χ0n) is 11.2. The maximum Gasteiger partial charge on any atom is 0.338 e. The minimum Gasteiger partial charge on any atom is -0.453 e. The van der Waals surface area contributed by atoms with Gasteiger partial charge in [0.15, 0.2) is 0 Å². The quantitative estimate of drug-likeness (QED) is 0.776. The summed E-state index contributed by atoms with van der Waals surface area (Å²) in [5, 5.41) is 0. The molecule has 0 saturated heterocycles. The number of likely N-dealkylation sites (N-methyl/N-ethyl adjacent to an activating group) is 1. The van der Waals surface area contributed by atoms with Gasteiger partial charge in [-0.3, -0.25) is 0 Å². The summed E-state index contributed by atoms with van der Waals surface area (Å²) in [7, 11) is 0. The van der Waals surface area contributed by atoms with Gasteiger partial charge in [-0.15, -0.1) is 0 Å². The number of halogens is 1. The van der Waals surface area contributed by atoms with Crippen molar-refractivity contribution in [2.24, 2.45) is 0 Å². The second-order valence-corrected chi connectivity index (χ2v) is 4.39. The minimum absolute atomic E-state index is 0.171. The molecule has 1 atom stereocenters. The van der Waals surface area contributed by atoms with Gasteiger partial charge in [0, 0.05) is 0 Å². The molecule has 0 saturated carbocycles. The summed E-state index contributed by atoms with van der Waals surface area (Å²) in [5.41, 5.74) is 0.261. The normalized spacial score (nSPS) is 12.5. The molecule has 0 aliphatic rings. The fourth-order valence-corrected chi connectivity index (χ4v) is 1.85. The third-order valence-electron chi connectivity index (χ3n) is 2.94. The summed E-state index contributed by atoms with van der Waals surface area (Å²) in [6.45, 7) is 8.83. The molecule has 18 heavy (non-hydrogen) atoms. The number of benzene rings is 1. The van der Waals surface area contributed by atoms with E-state index in [0.717, 1.165) is 19.6 Å². The largest absolute Gasteiger partial charge is 0.453 e. The van der Waals surface area contributed by atoms with Gasteiger partial charge in [-0.25, -0.2) is 9.18 Å². The van der Waals surface area contributed by atoms with E-state index in [-0.39, 0.29) is 11.7 Å². The van der Waals surface area contributed by atoms with Gasteiger partial charge in [0.2, 0.25) is 0 Å². The van der Waals surface area contributed by atoms with Gasteiger partial charge in [-0.2, -0.15) is 0 Å². The second-order valence-electron chi connectivity index (χ2n) is 4.39. The van der Waals surface area contributed by atoms with Crippen molar-refractivity contribution >= 4 is 5.97 Å². The van der Waals surface area contributed by atoms with Crippen LogP contribution in [0.15, 0.2) is 24.3 Å². The first-order valence-electron chi connectivity index (χ1n) is 6.36. The van der Waals surface area contributed by atoms with Crippen LogP contribution < -0.4 is 4.90 Å². The lowest BCUT2D eigenvalue weighted by Gasteiger charge is -2.20. The van der Waals surface area contributed by atoms with E-state index in [1.54, 1.807) is 6.07 Å². The summed E-state index contributed by atoms with van der Waals surface area (Å²) in [6.07, 6.45) is -0.171. The highest BCUT2D eigenvalue weighted by atomic mass is 19.1. The van der Waals surface area contributed by atoms with Gasteiger partial charge < -0.3 is 9.64 Å². The molecule has 0 aliphatic heterocycles. The number of rotatable bonds is 6. The van der Waals surface area contributed by atoms with Crippen molar-refractivity contribution in [3.05, 3.63) is 35.6 Å². The van der Waals surface area contributed by atoms with Crippen LogP contribution in [0.1, 0.15) is 31.1 Å². The molecule has 100 valence electrons. The van der Waals surface area contributed by atoms with Gasteiger partial charge in [0.25, 0.3) is 0 Å². The number of carbonyl (C=O) groups excluding carboxylic acids is 1. The number of nitrogens with one attached hydrogen (secondary N) is 1. The van der Waals surface area contributed by atoms with E-state index >= 15 is 0 Å². The Kier molecular flexibility index (Phi) is 5.78. The highest BCUT2D eigenvalue weighted by Gasteiger charge is 2.16. The smallest absolute Gasteiger partial charge is 0.338 e. The molecule has 0 amide bonds. The van der Waals surface area contributed by atoms with E-state index in [1.807, 2.05) is 6.92 Å². The van der Waals surface area contributed by atoms with E-state index in [1.165, 1.54) is 23.1 Å². The predicted octanol–water partition coefficient (Wildman–Crippen LogP) is 1.30. The highest BCUT2D eigenvalue weighted by molar-refractivity contribution is 5.89. The molecule has 1 N–H and O–H groups in total. The molecule has 0 fully saturated rings. The third-order valence-corrected chi connectivity index (χ3v) is 2.94. The number of carbonyl (C=O) groups is 1. The highest BCUT2D eigenvalue weighted by Crippen LogP contribution is 2.06. The molecule has 1 rings (SSSR count). The summed E-state index contributed by atoms with van der Waals surface area (Å²) >= 11 is 0. The molecule has 0 aliphatic carbocycles. The number of ether oxygens (including phenoxy) is 1. The van der Waals surface area contributed by atoms with Crippen molar-refractivity contribution in [2.75, 3.05) is 19.6 Å². The molecule has 4 heteroatoms. The fourth-order valence-electron chi connectivity index (χ4n) is 1.85. The first-order valence-corrected chi connectivity index (χ1v) is 6.36. The zero-order valence-corrected chi connectivity index (χ0v) is 11.2. The fraction of sp³-hybridized carbons (Fsp3) is 0.500. The summed E-state index contributed by atoms with van der Waals surface area (Å²) in [6, 6.07) is 5.56. The number of esters is 1. The van der Waals surface area contributed by atoms with E-state index in [0.29, 0.717) is 0 Å². The van der Waals surface area contributed by atoms with E-state index in [9.17, 15) is 9.18 Å². The third kappa shape index (κ3) is 4.45. The van der Waals surface area contributed by atoms with Crippen molar-refractivity contribution in [1.29, 1.82) is 0 Å². The molecule has 0 heterocycles. The second kappa shape index (κ2) is 7.11. The Hall–Kier alpha value is -1.42. The van der Waals surface area contributed by atoms with Crippen LogP contribution in [0.5, 0.6) is 0 Å². The standard InChI is InChI=1S/C14H20FNO2/c1-4-16(5-2)10-11(3)18-14(17)12-7-6-8-13(15)9-12/h6-9,11H,4-5,10H2,1-3H3/p+1/t11-/m1/s1. The molecular formula is C14H21FNO2+. The molecule has 0 aromatic heterocycles. The van der Waals surface area contributed by atoms with Crippen LogP contribution in [0.3, 0.4) is 0 Å². The Labute approximate surface area is 108 Å². The van der Waals surface area contributed by atoms with Gasteiger partial charge in [0.05, 0.1) is 18.7 Å². The van der Waals surface area contributed by atoms with Crippen LogP contribution in [-0.4, -0.2) is 31.7 Å². The summed E-state index contributed by atoms with van der Waals surface area (Å²) in [4.78, 5) is 13.1. The topological polar surface area (TPSA) is 30.7 Å². The molecule has 3 nitrogen and oxygen atoms in total. The maximum absolute atomic E-state index is 13.0. The Bertz CT molecular complexity index is 391. The lowest BCUT2D eigenvalue weighted by molar-refractivity contribution is -0.899. The monoisotopic (exact) mass is 254 g/mol. The van der Waals surface area contributed by atoms with Crippen molar-refractivity contribution in [3.8, 4) is 0 Å². The Morgan fingerprint density at radius 3 is 2.61 bits per heavy atom. The Morgan fingerprint density at radius 2 is 2.06 bits per heavy atom. The van der Waals surface area contributed by atoms with Crippen LogP contribution in [-0.2, 0) is 4.74 Å². The lowest BCUT2D eigenvalue weighted by atomic mass is 10.2. The lowest BCUT2D eigenvalue weighted by Crippen LogP contribution is -3.12. The van der Waals surface area contributed by atoms with Crippen LogP contribution in [0.2, 0.25) is 0 Å². The molecular weight excluding hydrogens is 233 g/mol.